The van der Waals surface area contributed by atoms with Crippen molar-refractivity contribution in [2.75, 3.05) is 47.5 Å². The quantitative estimate of drug-likeness (QED) is 0.0211. The van der Waals surface area contributed by atoms with Crippen LogP contribution in [0.15, 0.2) is 134 Å². The molecule has 0 amide bonds. The van der Waals surface area contributed by atoms with Gasteiger partial charge in [-0.25, -0.2) is 4.79 Å². The van der Waals surface area contributed by atoms with Crippen LogP contribution < -0.4 is 0 Å². The van der Waals surface area contributed by atoms with Crippen LogP contribution >= 0.6 is 0 Å². The average molecular weight is 1490 g/mol. The maximum absolute atomic E-state index is 13.0. The summed E-state index contributed by atoms with van der Waals surface area (Å²) in [4.78, 5) is 37.8. The van der Waals surface area contributed by atoms with Crippen molar-refractivity contribution in [2.45, 2.75) is 424 Å². The summed E-state index contributed by atoms with van der Waals surface area (Å²) in [6.45, 7) is 4.79. The molecule has 0 rings (SSSR count). The lowest BCUT2D eigenvalue weighted by Crippen LogP contribution is -2.40. The first-order chi connectivity index (χ1) is 52.6. The highest BCUT2D eigenvalue weighted by Crippen LogP contribution is 2.20. The van der Waals surface area contributed by atoms with E-state index in [0.29, 0.717) is 23.9 Å². The van der Waals surface area contributed by atoms with Gasteiger partial charge in [0.05, 0.1) is 34.4 Å². The minimum atomic E-state index is -1.52. The van der Waals surface area contributed by atoms with E-state index in [4.69, 9.17) is 18.9 Å². The van der Waals surface area contributed by atoms with Crippen molar-refractivity contribution in [2.24, 2.45) is 0 Å². The van der Waals surface area contributed by atoms with Crippen LogP contribution in [0.5, 0.6) is 0 Å². The number of carboxylic acid groups (broad SMARTS) is 1. The molecule has 0 aromatic rings. The molecule has 0 saturated heterocycles. The zero-order valence-electron chi connectivity index (χ0n) is 70.8. The molecule has 0 heterocycles. The molecular formula is C98H172NO8+. The van der Waals surface area contributed by atoms with Crippen LogP contribution in [0, 0.1) is 0 Å². The first-order valence-corrected chi connectivity index (χ1v) is 45.3. The fraction of sp³-hybridized carbons (Fsp3) is 0.745. The molecule has 0 spiro atoms. The number of aliphatic carboxylic acids is 1. The van der Waals surface area contributed by atoms with Gasteiger partial charge in [-0.1, -0.05) is 436 Å². The van der Waals surface area contributed by atoms with Gasteiger partial charge in [0.25, 0.3) is 6.29 Å². The smallest absolute Gasteiger partial charge is 0.361 e. The number of unbranched alkanes of at least 4 members (excludes halogenated alkanes) is 47. The number of carboxylic acids is 1. The Morgan fingerprint density at radius 2 is 0.533 bits per heavy atom. The van der Waals surface area contributed by atoms with Gasteiger partial charge in [-0.05, 0) is 96.3 Å². The number of likely N-dealkylation sites (N-methyl/N-ethyl adjacent to an activating group) is 1. The summed E-state index contributed by atoms with van der Waals surface area (Å²) in [6, 6.07) is 0. The monoisotopic (exact) mass is 1490 g/mol. The fourth-order valence-electron chi connectivity index (χ4n) is 13.1. The molecule has 0 aromatic carbocycles. The lowest BCUT2D eigenvalue weighted by Gasteiger charge is -2.25. The minimum absolute atomic E-state index is 0.181. The molecule has 0 bridgehead atoms. The van der Waals surface area contributed by atoms with Crippen LogP contribution in [-0.4, -0.2) is 87.4 Å². The van der Waals surface area contributed by atoms with Gasteiger partial charge < -0.3 is 28.5 Å². The molecule has 0 aliphatic heterocycles. The normalized spacial score (nSPS) is 13.2. The standard InChI is InChI=1S/C98H171NO8/c1-6-8-10-12-14-16-18-20-22-24-26-28-30-32-34-36-38-40-42-44-46-48-50-52-54-56-58-60-62-64-66-68-70-72-74-76-78-80-82-84-86-88-95(100)105-92-94(93-106-98(97(102)103)104-91-90-99(3,4)5)107-96(101)89-87-85-83-81-79-77-75-73-71-69-67-65-63-61-59-57-55-53-51-49-47-45-43-41-39-37-35-33-31-29-27-25-23-21-19-17-15-13-11-9-7-2/h9,11,15,17,21,23,27,29,33,35,39,41,45,47,51,53,57,59,63,65,69,71,94,98H,6-8,10,12-14,16,18-20,22,24-26,28,30-32,34,36-38,40,42-44,46,48-50,52,54-56,58,60-62,64,66-68,70,72-93H2,1-5H3/p+1/b11-9-,17-15-,23-21-,29-27-,35-33-,41-39-,47-45-,53-51-,59-57-,65-63-,71-69-. The Labute approximate surface area is 662 Å². The minimum Gasteiger partial charge on any atom is -0.477 e. The van der Waals surface area contributed by atoms with Crippen molar-refractivity contribution >= 4 is 17.9 Å². The molecule has 2 atom stereocenters. The van der Waals surface area contributed by atoms with Gasteiger partial charge in [0.1, 0.15) is 13.2 Å². The maximum Gasteiger partial charge on any atom is 0.361 e. The van der Waals surface area contributed by atoms with E-state index >= 15 is 0 Å². The van der Waals surface area contributed by atoms with Crippen molar-refractivity contribution in [3.63, 3.8) is 0 Å². The molecule has 0 radical (unpaired) electrons. The number of ether oxygens (including phenoxy) is 4. The maximum atomic E-state index is 13.0. The van der Waals surface area contributed by atoms with Crippen molar-refractivity contribution < 1.29 is 42.9 Å². The number of carbonyl (C=O) groups excluding carboxylic acids is 2. The number of allylic oxidation sites excluding steroid dienone is 22. The molecule has 0 aliphatic rings. The van der Waals surface area contributed by atoms with E-state index in [0.717, 1.165) is 116 Å². The molecule has 0 aromatic heterocycles. The largest absolute Gasteiger partial charge is 0.477 e. The van der Waals surface area contributed by atoms with Crippen LogP contribution in [0.25, 0.3) is 0 Å². The molecule has 2 unspecified atom stereocenters. The first kappa shape index (κ1) is 102. The molecule has 0 saturated carbocycles. The van der Waals surface area contributed by atoms with Crippen LogP contribution in [0.4, 0.5) is 0 Å². The second-order valence-electron chi connectivity index (χ2n) is 31.5. The first-order valence-electron chi connectivity index (χ1n) is 45.3. The molecule has 0 aliphatic carbocycles. The van der Waals surface area contributed by atoms with Crippen molar-refractivity contribution in [3.05, 3.63) is 134 Å². The zero-order chi connectivity index (χ0) is 77.4. The third-order valence-electron chi connectivity index (χ3n) is 19.9. The highest BCUT2D eigenvalue weighted by Gasteiger charge is 2.25. The van der Waals surface area contributed by atoms with Crippen molar-refractivity contribution in [3.8, 4) is 0 Å². The lowest BCUT2D eigenvalue weighted by atomic mass is 10.0. The van der Waals surface area contributed by atoms with Gasteiger partial charge in [0.2, 0.25) is 0 Å². The van der Waals surface area contributed by atoms with Gasteiger partial charge in [0.15, 0.2) is 6.10 Å². The van der Waals surface area contributed by atoms with E-state index in [-0.39, 0.29) is 32.2 Å². The fourth-order valence-corrected chi connectivity index (χ4v) is 13.1. The van der Waals surface area contributed by atoms with Crippen LogP contribution in [0.1, 0.15) is 412 Å². The summed E-state index contributed by atoms with van der Waals surface area (Å²) >= 11 is 0. The van der Waals surface area contributed by atoms with E-state index in [9.17, 15) is 19.5 Å². The van der Waals surface area contributed by atoms with Crippen LogP contribution in [-0.2, 0) is 33.3 Å². The zero-order valence-corrected chi connectivity index (χ0v) is 70.8. The molecule has 9 nitrogen and oxygen atoms in total. The molecule has 616 valence electrons. The summed E-state index contributed by atoms with van der Waals surface area (Å²) in [5, 5.41) is 9.79. The predicted molar refractivity (Wildman–Crippen MR) is 465 cm³/mol. The van der Waals surface area contributed by atoms with Crippen LogP contribution in [0.3, 0.4) is 0 Å². The lowest BCUT2D eigenvalue weighted by molar-refractivity contribution is -0.870. The highest BCUT2D eigenvalue weighted by atomic mass is 16.7. The number of hydrogen-bond acceptors (Lipinski definition) is 7. The van der Waals surface area contributed by atoms with E-state index in [2.05, 4.69) is 148 Å². The Bertz CT molecular complexity index is 2240. The number of quaternary nitrogens is 1. The molecule has 9 heteroatoms. The van der Waals surface area contributed by atoms with E-state index in [1.54, 1.807) is 0 Å². The Morgan fingerprint density at radius 1 is 0.290 bits per heavy atom. The summed E-state index contributed by atoms with van der Waals surface area (Å²) in [6.07, 6.45) is 124. The van der Waals surface area contributed by atoms with Gasteiger partial charge >= 0.3 is 17.9 Å². The Balaban J connectivity index is 4.00. The Morgan fingerprint density at radius 3 is 0.794 bits per heavy atom. The van der Waals surface area contributed by atoms with Crippen LogP contribution in [0.2, 0.25) is 0 Å². The number of esters is 2. The SMILES string of the molecule is CC/C=C\C/C=C\C/C=C\C/C=C\C/C=C\C/C=C\C/C=C\C/C=C\C/C=C\C/C=C\C/C=C\CCCCCCCCCC(=O)OC(COC(=O)CCCCCCCCCCCCCCCCCCCCCCCCCCCCCCCCCCCCCCCCCCC)COC(OCC[N+](C)(C)C)C(=O)O. The van der Waals surface area contributed by atoms with E-state index in [1.807, 2.05) is 21.1 Å². The van der Waals surface area contributed by atoms with E-state index < -0.39 is 24.3 Å². The summed E-state index contributed by atoms with van der Waals surface area (Å²) in [5.41, 5.74) is 0. The van der Waals surface area contributed by atoms with Crippen molar-refractivity contribution in [1.29, 1.82) is 0 Å². The third kappa shape index (κ3) is 88.5. The molecule has 1 N–H and O–H groups in total. The topological polar surface area (TPSA) is 108 Å². The number of carbonyl (C=O) groups is 3. The molecule has 0 fully saturated rings. The summed E-state index contributed by atoms with van der Waals surface area (Å²) in [7, 11) is 5.98. The van der Waals surface area contributed by atoms with Gasteiger partial charge in [0, 0.05) is 12.8 Å². The Hall–Kier alpha value is -4.57. The Kier molecular flexibility index (Phi) is 83.3. The van der Waals surface area contributed by atoms with Gasteiger partial charge in [-0.3, -0.25) is 9.59 Å². The third-order valence-corrected chi connectivity index (χ3v) is 19.9. The molecule has 107 heavy (non-hydrogen) atoms. The second-order valence-corrected chi connectivity index (χ2v) is 31.5. The van der Waals surface area contributed by atoms with Gasteiger partial charge in [-0.15, -0.1) is 0 Å². The second kappa shape index (κ2) is 87.0. The number of hydrogen-bond donors (Lipinski definition) is 1. The van der Waals surface area contributed by atoms with Crippen molar-refractivity contribution in [1.82, 2.24) is 0 Å². The van der Waals surface area contributed by atoms with E-state index in [1.165, 1.54) is 263 Å². The predicted octanol–water partition coefficient (Wildman–Crippen LogP) is 29.9. The summed E-state index contributed by atoms with van der Waals surface area (Å²) < 4.78 is 23.1. The number of rotatable bonds is 84. The number of nitrogens with zero attached hydrogens (tertiary/aromatic N) is 1. The van der Waals surface area contributed by atoms with Gasteiger partial charge in [-0.2, -0.15) is 0 Å². The highest BCUT2D eigenvalue weighted by molar-refractivity contribution is 5.71. The summed E-state index contributed by atoms with van der Waals surface area (Å²) in [5.74, 6) is -2.01. The molecular weight excluding hydrogens is 1320 g/mol. The average Bonchev–Trinajstić information content (AvgIpc) is 0.965.